The van der Waals surface area contributed by atoms with E-state index in [4.69, 9.17) is 16.3 Å². The number of esters is 2. The van der Waals surface area contributed by atoms with Crippen LogP contribution in [0.15, 0.2) is 53.4 Å². The Hall–Kier alpha value is -2.42. The normalized spacial score (nSPS) is 17.3. The number of rotatable bonds is 6. The minimum atomic E-state index is -3.70. The highest BCUT2D eigenvalue weighted by molar-refractivity contribution is 7.89. The van der Waals surface area contributed by atoms with E-state index in [0.29, 0.717) is 30.0 Å². The van der Waals surface area contributed by atoms with Crippen molar-refractivity contribution in [2.24, 2.45) is 5.92 Å². The third-order valence-electron chi connectivity index (χ3n) is 4.92. The van der Waals surface area contributed by atoms with Gasteiger partial charge in [-0.1, -0.05) is 23.7 Å². The number of benzene rings is 2. The first-order chi connectivity index (χ1) is 14.3. The van der Waals surface area contributed by atoms with Crippen molar-refractivity contribution in [1.82, 2.24) is 4.31 Å². The second kappa shape index (κ2) is 9.59. The summed E-state index contributed by atoms with van der Waals surface area (Å²) in [6.07, 6.45) is 1.13. The Balaban J connectivity index is 1.60. The van der Waals surface area contributed by atoms with Gasteiger partial charge in [-0.25, -0.2) is 13.2 Å². The van der Waals surface area contributed by atoms with Gasteiger partial charge in [0.1, 0.15) is 6.61 Å². The zero-order valence-electron chi connectivity index (χ0n) is 16.4. The molecular formula is C21H22ClNO6S. The lowest BCUT2D eigenvalue weighted by molar-refractivity contribution is -0.151. The van der Waals surface area contributed by atoms with Gasteiger partial charge in [-0.2, -0.15) is 4.31 Å². The maximum Gasteiger partial charge on any atom is 0.337 e. The summed E-state index contributed by atoms with van der Waals surface area (Å²) in [5.41, 5.74) is 1.13. The molecule has 0 aliphatic carbocycles. The highest BCUT2D eigenvalue weighted by Crippen LogP contribution is 2.25. The van der Waals surface area contributed by atoms with Crippen LogP contribution >= 0.6 is 11.6 Å². The van der Waals surface area contributed by atoms with Gasteiger partial charge in [0.15, 0.2) is 0 Å². The smallest absolute Gasteiger partial charge is 0.337 e. The van der Waals surface area contributed by atoms with Crippen molar-refractivity contribution < 1.29 is 27.5 Å². The minimum Gasteiger partial charge on any atom is -0.465 e. The summed E-state index contributed by atoms with van der Waals surface area (Å²) in [4.78, 5) is 24.1. The van der Waals surface area contributed by atoms with E-state index in [1.165, 1.54) is 35.7 Å². The van der Waals surface area contributed by atoms with Crippen LogP contribution < -0.4 is 0 Å². The summed E-state index contributed by atoms with van der Waals surface area (Å²) in [6, 6.07) is 12.5. The minimum absolute atomic E-state index is 0.0424. The molecule has 0 spiro atoms. The number of sulfonamides is 1. The number of hydrogen-bond donors (Lipinski definition) is 0. The summed E-state index contributed by atoms with van der Waals surface area (Å²) in [7, 11) is -2.40. The zero-order valence-corrected chi connectivity index (χ0v) is 18.0. The first kappa shape index (κ1) is 22.3. The highest BCUT2D eigenvalue weighted by atomic mass is 35.5. The fourth-order valence-corrected chi connectivity index (χ4v) is 4.89. The SMILES string of the molecule is COC(=O)c1ccc(COC(=O)C2CCCN(S(=O)(=O)c3ccc(Cl)cc3)C2)cc1. The van der Waals surface area contributed by atoms with E-state index in [0.717, 1.165) is 5.56 Å². The molecule has 1 atom stereocenters. The number of halogens is 1. The predicted octanol–water partition coefficient (Wildman–Crippen LogP) is 3.27. The average molecular weight is 452 g/mol. The molecule has 9 heteroatoms. The Kier molecular flexibility index (Phi) is 7.12. The van der Waals surface area contributed by atoms with E-state index in [1.54, 1.807) is 24.3 Å². The monoisotopic (exact) mass is 451 g/mol. The maximum absolute atomic E-state index is 12.9. The van der Waals surface area contributed by atoms with Crippen molar-refractivity contribution in [3.63, 3.8) is 0 Å². The van der Waals surface area contributed by atoms with Crippen LogP contribution in [0.2, 0.25) is 5.02 Å². The number of carbonyl (C=O) groups is 2. The van der Waals surface area contributed by atoms with Gasteiger partial charge < -0.3 is 9.47 Å². The second-order valence-electron chi connectivity index (χ2n) is 6.95. The second-order valence-corrected chi connectivity index (χ2v) is 9.33. The third kappa shape index (κ3) is 5.19. The number of carbonyl (C=O) groups excluding carboxylic acids is 2. The molecule has 3 rings (SSSR count). The lowest BCUT2D eigenvalue weighted by atomic mass is 10.00. The molecule has 0 aromatic heterocycles. The Morgan fingerprint density at radius 1 is 1.10 bits per heavy atom. The van der Waals surface area contributed by atoms with Crippen LogP contribution in [0.5, 0.6) is 0 Å². The van der Waals surface area contributed by atoms with Crippen LogP contribution in [0.3, 0.4) is 0 Å². The Bertz CT molecular complexity index is 1000. The fraction of sp³-hybridized carbons (Fsp3) is 0.333. The molecule has 1 aliphatic rings. The van der Waals surface area contributed by atoms with Gasteiger partial charge in [-0.3, -0.25) is 4.79 Å². The molecule has 0 amide bonds. The van der Waals surface area contributed by atoms with Crippen molar-refractivity contribution in [2.75, 3.05) is 20.2 Å². The molecule has 2 aromatic rings. The van der Waals surface area contributed by atoms with Gasteiger partial charge in [-0.05, 0) is 54.8 Å². The van der Waals surface area contributed by atoms with Crippen molar-refractivity contribution in [2.45, 2.75) is 24.3 Å². The van der Waals surface area contributed by atoms with E-state index < -0.39 is 27.9 Å². The van der Waals surface area contributed by atoms with Gasteiger partial charge in [-0.15, -0.1) is 0 Å². The van der Waals surface area contributed by atoms with Crippen molar-refractivity contribution in [3.05, 3.63) is 64.7 Å². The maximum atomic E-state index is 12.9. The van der Waals surface area contributed by atoms with Crippen LogP contribution in [0.1, 0.15) is 28.8 Å². The van der Waals surface area contributed by atoms with Gasteiger partial charge in [0.05, 0.1) is 23.5 Å². The van der Waals surface area contributed by atoms with E-state index in [1.807, 2.05) is 0 Å². The zero-order chi connectivity index (χ0) is 21.7. The lowest BCUT2D eigenvalue weighted by Crippen LogP contribution is -2.42. The molecule has 1 saturated heterocycles. The van der Waals surface area contributed by atoms with Gasteiger partial charge in [0, 0.05) is 18.1 Å². The highest BCUT2D eigenvalue weighted by Gasteiger charge is 2.34. The van der Waals surface area contributed by atoms with Gasteiger partial charge in [0.25, 0.3) is 0 Å². The number of nitrogens with zero attached hydrogens (tertiary/aromatic N) is 1. The van der Waals surface area contributed by atoms with Gasteiger partial charge >= 0.3 is 11.9 Å². The Morgan fingerprint density at radius 2 is 1.77 bits per heavy atom. The quantitative estimate of drug-likeness (QED) is 0.626. The standard InChI is InChI=1S/C21H22ClNO6S/c1-28-20(24)16-6-4-15(5-7-16)14-29-21(25)17-3-2-12-23(13-17)30(26,27)19-10-8-18(22)9-11-19/h4-11,17H,2-3,12-14H2,1H3. The number of piperidine rings is 1. The topological polar surface area (TPSA) is 90.0 Å². The molecule has 0 saturated carbocycles. The van der Waals surface area contributed by atoms with Crippen LogP contribution in [0.25, 0.3) is 0 Å². The predicted molar refractivity (Wildman–Crippen MR) is 111 cm³/mol. The molecule has 0 bridgehead atoms. The van der Waals surface area contributed by atoms with Crippen LogP contribution in [-0.4, -0.2) is 44.9 Å². The van der Waals surface area contributed by atoms with E-state index >= 15 is 0 Å². The van der Waals surface area contributed by atoms with Crippen LogP contribution in [0.4, 0.5) is 0 Å². The van der Waals surface area contributed by atoms with E-state index in [9.17, 15) is 18.0 Å². The molecule has 1 unspecified atom stereocenters. The molecule has 0 radical (unpaired) electrons. The van der Waals surface area contributed by atoms with Crippen molar-refractivity contribution in [1.29, 1.82) is 0 Å². The first-order valence-electron chi connectivity index (χ1n) is 9.41. The molecule has 2 aromatic carbocycles. The van der Waals surface area contributed by atoms with Crippen molar-refractivity contribution in [3.8, 4) is 0 Å². The molecule has 0 N–H and O–H groups in total. The summed E-state index contributed by atoms with van der Waals surface area (Å²) in [5, 5.41) is 0.452. The Labute approximate surface area is 180 Å². The summed E-state index contributed by atoms with van der Waals surface area (Å²) < 4.78 is 37.0. The number of hydrogen-bond acceptors (Lipinski definition) is 6. The van der Waals surface area contributed by atoms with Gasteiger partial charge in [0.2, 0.25) is 10.0 Å². The van der Waals surface area contributed by atoms with Crippen molar-refractivity contribution >= 4 is 33.6 Å². The fourth-order valence-electron chi connectivity index (χ4n) is 3.24. The van der Waals surface area contributed by atoms with E-state index in [-0.39, 0.29) is 18.0 Å². The van der Waals surface area contributed by atoms with Crippen LogP contribution in [-0.2, 0) is 30.9 Å². The largest absolute Gasteiger partial charge is 0.465 e. The Morgan fingerprint density at radius 3 is 2.40 bits per heavy atom. The molecule has 160 valence electrons. The summed E-state index contributed by atoms with van der Waals surface area (Å²) in [6.45, 7) is 0.468. The molecule has 1 heterocycles. The molecular weight excluding hydrogens is 430 g/mol. The first-order valence-corrected chi connectivity index (χ1v) is 11.2. The average Bonchev–Trinajstić information content (AvgIpc) is 2.77. The molecule has 1 fully saturated rings. The van der Waals surface area contributed by atoms with Crippen LogP contribution in [0, 0.1) is 5.92 Å². The number of methoxy groups -OCH3 is 1. The molecule has 1 aliphatic heterocycles. The number of ether oxygens (including phenoxy) is 2. The molecule has 7 nitrogen and oxygen atoms in total. The molecule has 30 heavy (non-hydrogen) atoms. The summed E-state index contributed by atoms with van der Waals surface area (Å²) in [5.74, 6) is -1.42. The lowest BCUT2D eigenvalue weighted by Gasteiger charge is -2.30. The van der Waals surface area contributed by atoms with E-state index in [2.05, 4.69) is 4.74 Å². The summed E-state index contributed by atoms with van der Waals surface area (Å²) >= 11 is 5.84. The third-order valence-corrected chi connectivity index (χ3v) is 7.06.